The van der Waals surface area contributed by atoms with Crippen LogP contribution in [0.3, 0.4) is 0 Å². The highest BCUT2D eigenvalue weighted by Crippen LogP contribution is 2.09. The van der Waals surface area contributed by atoms with E-state index in [0.29, 0.717) is 18.2 Å². The molecule has 0 saturated carbocycles. The minimum Gasteiger partial charge on any atom is -0.322 e. The van der Waals surface area contributed by atoms with Gasteiger partial charge in [0.15, 0.2) is 0 Å². The summed E-state index contributed by atoms with van der Waals surface area (Å²) in [6.07, 6.45) is 0. The molecule has 0 aromatic rings. The van der Waals surface area contributed by atoms with Gasteiger partial charge >= 0.3 is 0 Å². The van der Waals surface area contributed by atoms with Gasteiger partial charge in [-0.05, 0) is 11.8 Å². The van der Waals surface area contributed by atoms with E-state index in [4.69, 9.17) is 4.55 Å². The van der Waals surface area contributed by atoms with Crippen LogP contribution in [0.2, 0.25) is 0 Å². The van der Waals surface area contributed by atoms with Gasteiger partial charge in [-0.1, -0.05) is 0 Å². The van der Waals surface area contributed by atoms with Gasteiger partial charge in [0.25, 0.3) is 0 Å². The molecule has 0 saturated heterocycles. The molecule has 4 heavy (non-hydrogen) atoms. The largest absolute Gasteiger partial charge is 0.322 e. The molecular formula is HOPS2. The quantitative estimate of drug-likeness (QED) is 0.410. The predicted octanol–water partition coefficient (Wildman–Crippen LogP) is 1.52. The van der Waals surface area contributed by atoms with Gasteiger partial charge in [0.1, 0.15) is 0 Å². The lowest BCUT2D eigenvalue weighted by Gasteiger charge is -1.54. The van der Waals surface area contributed by atoms with Crippen LogP contribution in [0.1, 0.15) is 0 Å². The fraction of sp³-hybridized carbons (Fsp3) is 0. The van der Waals surface area contributed by atoms with Crippen molar-refractivity contribution < 1.29 is 4.55 Å². The Kier molecular flexibility index (Phi) is 4.62. The van der Waals surface area contributed by atoms with E-state index in [1.54, 1.807) is 0 Å². The number of hydrogen-bond acceptors (Lipinski definition) is 3. The lowest BCUT2D eigenvalue weighted by atomic mass is 15.9. The Morgan fingerprint density at radius 1 is 2.00 bits per heavy atom. The molecule has 0 atom stereocenters. The van der Waals surface area contributed by atoms with Gasteiger partial charge in [-0.2, -0.15) is 0 Å². The summed E-state index contributed by atoms with van der Waals surface area (Å²) >= 11 is 4.88. The van der Waals surface area contributed by atoms with Crippen molar-refractivity contribution >= 4 is 30.0 Å². The first-order valence-corrected chi connectivity index (χ1v) is 3.83. The first kappa shape index (κ1) is 4.83. The average molecular weight is 112 g/mol. The van der Waals surface area contributed by atoms with Crippen molar-refractivity contribution in [1.29, 1.82) is 0 Å². The van der Waals surface area contributed by atoms with Crippen LogP contribution in [-0.4, -0.2) is 4.55 Å². The highest BCUT2D eigenvalue weighted by atomic mass is 32.9. The molecule has 0 rings (SSSR count). The molecule has 1 N–H and O–H groups in total. The second-order valence-electron chi connectivity index (χ2n) is 0.156. The van der Waals surface area contributed by atoms with Crippen molar-refractivity contribution in [2.45, 2.75) is 0 Å². The molecule has 0 aliphatic carbocycles. The molecule has 4 heteroatoms. The van der Waals surface area contributed by atoms with Crippen LogP contribution in [0.15, 0.2) is 0 Å². The maximum absolute atomic E-state index is 7.68. The molecule has 0 aliphatic heterocycles. The van der Waals surface area contributed by atoms with Crippen molar-refractivity contribution in [3.8, 4) is 0 Å². The lowest BCUT2D eigenvalue weighted by Crippen LogP contribution is -1.15. The van der Waals surface area contributed by atoms with E-state index < -0.39 is 0 Å². The Balaban J connectivity index is 2.30. The Bertz CT molecular complexity index is 20.0. The lowest BCUT2D eigenvalue weighted by molar-refractivity contribution is 0.676. The van der Waals surface area contributed by atoms with E-state index in [0.717, 1.165) is 0 Å². The van der Waals surface area contributed by atoms with E-state index in [1.165, 1.54) is 0 Å². The van der Waals surface area contributed by atoms with Crippen LogP contribution < -0.4 is 0 Å². The molecule has 0 aliphatic rings. The zero-order valence-electron chi connectivity index (χ0n) is 1.71. The van der Waals surface area contributed by atoms with Gasteiger partial charge in [0.2, 0.25) is 0 Å². The predicted molar refractivity (Wildman–Crippen MR) is 24.5 cm³/mol. The van der Waals surface area contributed by atoms with Crippen LogP contribution in [0.4, 0.5) is 0 Å². The SMILES string of the molecule is OSP=S. The summed E-state index contributed by atoms with van der Waals surface area (Å²) in [5.41, 5.74) is 0. The maximum atomic E-state index is 7.68. The highest BCUT2D eigenvalue weighted by Gasteiger charge is 1.51. The number of rotatable bonds is 1. The van der Waals surface area contributed by atoms with E-state index in [9.17, 15) is 0 Å². The summed E-state index contributed by atoms with van der Waals surface area (Å²) in [6.45, 7) is 0.554. The smallest absolute Gasteiger partial charge is 0.0737 e. The minimum atomic E-state index is 0.554. The standard InChI is InChI=1S/HOPS2/c1-4-2-3/h1H. The summed E-state index contributed by atoms with van der Waals surface area (Å²) in [4.78, 5) is 0. The molecule has 0 spiro atoms. The third kappa shape index (κ3) is 2.83. The van der Waals surface area contributed by atoms with Gasteiger partial charge < -0.3 is 4.55 Å². The molecule has 0 aromatic carbocycles. The van der Waals surface area contributed by atoms with Crippen LogP contribution in [0, 0.1) is 0 Å². The van der Waals surface area contributed by atoms with Gasteiger partial charge in [0, 0.05) is 0 Å². The summed E-state index contributed by atoms with van der Waals surface area (Å²) in [6, 6.07) is 0. The first-order chi connectivity index (χ1) is 1.91. The van der Waals surface area contributed by atoms with Crippen molar-refractivity contribution in [3.05, 3.63) is 0 Å². The zero-order valence-corrected chi connectivity index (χ0v) is 4.24. The van der Waals surface area contributed by atoms with E-state index in [-0.39, 0.29) is 0 Å². The van der Waals surface area contributed by atoms with Crippen LogP contribution >= 0.6 is 18.2 Å². The summed E-state index contributed by atoms with van der Waals surface area (Å²) in [5.74, 6) is 0. The Morgan fingerprint density at radius 3 is 2.25 bits per heavy atom. The Labute approximate surface area is 35.2 Å². The second kappa shape index (κ2) is 3.83. The summed E-state index contributed by atoms with van der Waals surface area (Å²) < 4.78 is 7.68. The van der Waals surface area contributed by atoms with Gasteiger partial charge in [-0.3, -0.25) is 0 Å². The van der Waals surface area contributed by atoms with Crippen LogP contribution in [0.25, 0.3) is 0 Å². The summed E-state index contributed by atoms with van der Waals surface area (Å²) in [7, 11) is 0. The minimum absolute atomic E-state index is 0.554. The molecule has 0 bridgehead atoms. The zero-order chi connectivity index (χ0) is 3.41. The third-order valence-corrected chi connectivity index (χ3v) is 0.900. The maximum Gasteiger partial charge on any atom is 0.0737 e. The monoisotopic (exact) mass is 112 g/mol. The normalized spacial score (nSPS) is 8.25. The third-order valence-electron chi connectivity index (χ3n) is 0.0333. The fourth-order valence-electron chi connectivity index (χ4n) is 0. The van der Waals surface area contributed by atoms with Crippen LogP contribution in [0.5, 0.6) is 0 Å². The van der Waals surface area contributed by atoms with Crippen molar-refractivity contribution in [2.75, 3.05) is 0 Å². The highest BCUT2D eigenvalue weighted by molar-refractivity contribution is 8.55. The van der Waals surface area contributed by atoms with Crippen molar-refractivity contribution in [1.82, 2.24) is 0 Å². The molecule has 0 aromatic heterocycles. The molecule has 0 amide bonds. The molecule has 0 heterocycles. The van der Waals surface area contributed by atoms with Gasteiger partial charge in [-0.25, -0.2) is 0 Å². The summed E-state index contributed by atoms with van der Waals surface area (Å²) in [5, 5.41) is 0. The second-order valence-corrected chi connectivity index (χ2v) is 2.75. The molecular weight excluding hydrogens is 111 g/mol. The number of hydrogen-bond donors (Lipinski definition) is 1. The van der Waals surface area contributed by atoms with Crippen molar-refractivity contribution in [3.63, 3.8) is 0 Å². The molecule has 0 unspecified atom stereocenters. The first-order valence-electron chi connectivity index (χ1n) is 0.548. The Hall–Kier alpha value is 0.830. The van der Waals surface area contributed by atoms with Gasteiger partial charge in [0.05, 0.1) is 18.2 Å². The van der Waals surface area contributed by atoms with Crippen molar-refractivity contribution in [2.24, 2.45) is 0 Å². The topological polar surface area (TPSA) is 20.2 Å². The molecule has 1 nitrogen and oxygen atoms in total. The Morgan fingerprint density at radius 2 is 2.25 bits per heavy atom. The average Bonchev–Trinajstić information content (AvgIpc) is 1.37. The van der Waals surface area contributed by atoms with E-state index in [1.807, 2.05) is 0 Å². The van der Waals surface area contributed by atoms with E-state index >= 15 is 0 Å². The fourth-order valence-corrected chi connectivity index (χ4v) is 0. The van der Waals surface area contributed by atoms with E-state index in [2.05, 4.69) is 11.8 Å². The molecule has 24 valence electrons. The van der Waals surface area contributed by atoms with Crippen LogP contribution in [-0.2, 0) is 11.8 Å². The molecule has 0 fully saturated rings. The van der Waals surface area contributed by atoms with Gasteiger partial charge in [-0.15, -0.1) is 0 Å². The molecule has 0 radical (unpaired) electrons.